The van der Waals surface area contributed by atoms with Crippen LogP contribution in [0.5, 0.6) is 0 Å². The minimum atomic E-state index is 0.0845. The molecule has 2 aliphatic heterocycles. The van der Waals surface area contributed by atoms with E-state index in [1.165, 1.54) is 37.2 Å². The van der Waals surface area contributed by atoms with Gasteiger partial charge in [-0.15, -0.1) is 0 Å². The number of hydrogen-bond donors (Lipinski definition) is 0. The highest BCUT2D eigenvalue weighted by Gasteiger charge is 2.37. The van der Waals surface area contributed by atoms with Gasteiger partial charge in [0.25, 0.3) is 0 Å². The summed E-state index contributed by atoms with van der Waals surface area (Å²) in [5.41, 5.74) is 0.169. The van der Waals surface area contributed by atoms with Crippen LogP contribution in [-0.4, -0.2) is 22.7 Å². The van der Waals surface area contributed by atoms with E-state index in [-0.39, 0.29) is 11.2 Å². The van der Waals surface area contributed by atoms with Gasteiger partial charge in [0.15, 0.2) is 0 Å². The lowest BCUT2D eigenvalue weighted by Crippen LogP contribution is -2.44. The van der Waals surface area contributed by atoms with Crippen molar-refractivity contribution in [2.45, 2.75) is 78.4 Å². The van der Waals surface area contributed by atoms with Crippen molar-refractivity contribution in [3.05, 3.63) is 0 Å². The van der Waals surface area contributed by atoms with Gasteiger partial charge in [-0.1, -0.05) is 13.8 Å². The van der Waals surface area contributed by atoms with Crippen molar-refractivity contribution >= 4 is 11.8 Å². The minimum Gasteiger partial charge on any atom is -0.370 e. The van der Waals surface area contributed by atoms with Crippen LogP contribution >= 0.6 is 11.8 Å². The predicted molar refractivity (Wildman–Crippen MR) is 83.4 cm³/mol. The lowest BCUT2D eigenvalue weighted by Gasteiger charge is -2.44. The van der Waals surface area contributed by atoms with Gasteiger partial charge in [-0.05, 0) is 76.7 Å². The third kappa shape index (κ3) is 6.47. The van der Waals surface area contributed by atoms with Crippen LogP contribution in [0, 0.1) is 11.8 Å². The number of hydrogen-bond acceptors (Lipinski definition) is 2. The maximum atomic E-state index is 5.93. The normalized spacial score (nSPS) is 28.3. The smallest absolute Gasteiger partial charge is 0.0636 e. The number of rotatable bonds is 0. The molecule has 0 unspecified atom stereocenters. The molecule has 0 saturated carbocycles. The Labute approximate surface area is 118 Å². The lowest BCUT2D eigenvalue weighted by molar-refractivity contribution is -0.170. The molecule has 1 nitrogen and oxygen atoms in total. The van der Waals surface area contributed by atoms with E-state index >= 15 is 0 Å². The molecule has 0 amide bonds. The first-order valence-corrected chi connectivity index (χ1v) is 8.64. The van der Waals surface area contributed by atoms with E-state index in [9.17, 15) is 0 Å². The molecular weight excluding hydrogens is 240 g/mol. The Morgan fingerprint density at radius 3 is 1.56 bits per heavy atom. The van der Waals surface area contributed by atoms with Crippen LogP contribution in [0.25, 0.3) is 0 Å². The zero-order chi connectivity index (χ0) is 13.8. The molecule has 2 heteroatoms. The average molecular weight is 272 g/mol. The highest BCUT2D eigenvalue weighted by atomic mass is 32.2. The van der Waals surface area contributed by atoms with Gasteiger partial charge in [0.1, 0.15) is 0 Å². The third-order valence-electron chi connectivity index (χ3n) is 3.74. The quantitative estimate of drug-likeness (QED) is 0.604. The molecule has 2 fully saturated rings. The van der Waals surface area contributed by atoms with Gasteiger partial charge in [-0.3, -0.25) is 0 Å². The Balaban J connectivity index is 0.000000199. The molecule has 0 spiro atoms. The predicted octanol–water partition coefficient (Wildman–Crippen LogP) is 5.14. The molecule has 0 radical (unpaired) electrons. The zero-order valence-electron chi connectivity index (χ0n) is 13.2. The van der Waals surface area contributed by atoms with E-state index < -0.39 is 0 Å². The Bertz CT molecular complexity index is 225. The van der Waals surface area contributed by atoms with Gasteiger partial charge in [0.2, 0.25) is 0 Å². The van der Waals surface area contributed by atoms with Crippen molar-refractivity contribution in [3.8, 4) is 0 Å². The van der Waals surface area contributed by atoms with Gasteiger partial charge in [0, 0.05) is 0 Å². The van der Waals surface area contributed by atoms with Crippen LogP contribution in [0.4, 0.5) is 0 Å². The fourth-order valence-corrected chi connectivity index (χ4v) is 4.74. The van der Waals surface area contributed by atoms with Crippen LogP contribution in [0.2, 0.25) is 0 Å². The van der Waals surface area contributed by atoms with Crippen LogP contribution in [0.1, 0.15) is 67.2 Å². The van der Waals surface area contributed by atoms with Gasteiger partial charge in [-0.2, -0.15) is 11.8 Å². The molecule has 0 aromatic carbocycles. The monoisotopic (exact) mass is 272 g/mol. The van der Waals surface area contributed by atoms with Gasteiger partial charge >= 0.3 is 0 Å². The summed E-state index contributed by atoms with van der Waals surface area (Å²) in [4.78, 5) is 0. The number of ether oxygens (including phenoxy) is 1. The third-order valence-corrected chi connectivity index (χ3v) is 4.79. The molecule has 0 bridgehead atoms. The van der Waals surface area contributed by atoms with E-state index in [2.05, 4.69) is 53.3 Å². The zero-order valence-corrected chi connectivity index (χ0v) is 14.0. The van der Waals surface area contributed by atoms with Crippen molar-refractivity contribution < 1.29 is 4.74 Å². The van der Waals surface area contributed by atoms with Crippen LogP contribution < -0.4 is 0 Å². The molecule has 2 saturated heterocycles. The van der Waals surface area contributed by atoms with Crippen molar-refractivity contribution in [2.75, 3.05) is 11.5 Å². The second-order valence-corrected chi connectivity index (χ2v) is 8.65. The van der Waals surface area contributed by atoms with Crippen LogP contribution in [-0.2, 0) is 4.74 Å². The summed E-state index contributed by atoms with van der Waals surface area (Å²) >= 11 is 2.10. The molecule has 2 rings (SSSR count). The first-order valence-electron chi connectivity index (χ1n) is 7.48. The van der Waals surface area contributed by atoms with E-state index in [1.54, 1.807) is 0 Å². The SMILES string of the molecule is CC1CC(C)(C)OC(C)(C)C1.CC1CCSCC1. The minimum absolute atomic E-state index is 0.0845. The van der Waals surface area contributed by atoms with Gasteiger partial charge in [-0.25, -0.2) is 0 Å². The highest BCUT2D eigenvalue weighted by Crippen LogP contribution is 2.37. The van der Waals surface area contributed by atoms with Crippen molar-refractivity contribution in [2.24, 2.45) is 11.8 Å². The summed E-state index contributed by atoms with van der Waals surface area (Å²) in [6.07, 6.45) is 5.28. The second kappa shape index (κ2) is 6.65. The largest absolute Gasteiger partial charge is 0.370 e. The summed E-state index contributed by atoms with van der Waals surface area (Å²) in [7, 11) is 0. The van der Waals surface area contributed by atoms with Gasteiger partial charge in [0.05, 0.1) is 11.2 Å². The van der Waals surface area contributed by atoms with E-state index in [4.69, 9.17) is 4.74 Å². The highest BCUT2D eigenvalue weighted by molar-refractivity contribution is 7.99. The Morgan fingerprint density at radius 1 is 0.833 bits per heavy atom. The summed E-state index contributed by atoms with van der Waals surface area (Å²) in [5.74, 6) is 4.62. The van der Waals surface area contributed by atoms with Crippen LogP contribution in [0.3, 0.4) is 0 Å². The maximum absolute atomic E-state index is 5.93. The second-order valence-electron chi connectivity index (χ2n) is 7.43. The standard InChI is InChI=1S/C10H20O.C6H12S/c1-8-6-9(2,3)11-10(4,5)7-8;1-6-2-4-7-5-3-6/h8H,6-7H2,1-5H3;6H,2-5H2,1H3. The molecule has 2 aliphatic rings. The molecule has 18 heavy (non-hydrogen) atoms. The Morgan fingerprint density at radius 2 is 1.28 bits per heavy atom. The van der Waals surface area contributed by atoms with E-state index in [0.29, 0.717) is 0 Å². The van der Waals surface area contributed by atoms with Crippen molar-refractivity contribution in [1.82, 2.24) is 0 Å². The fraction of sp³-hybridized carbons (Fsp3) is 1.00. The maximum Gasteiger partial charge on any atom is 0.0636 e. The lowest BCUT2D eigenvalue weighted by atomic mass is 9.82. The molecule has 108 valence electrons. The molecule has 0 aromatic rings. The van der Waals surface area contributed by atoms with Crippen molar-refractivity contribution in [1.29, 1.82) is 0 Å². The first-order chi connectivity index (χ1) is 8.20. The summed E-state index contributed by atoms with van der Waals surface area (Å²) < 4.78 is 5.93. The van der Waals surface area contributed by atoms with E-state index in [0.717, 1.165) is 11.8 Å². The topological polar surface area (TPSA) is 9.23 Å². The fourth-order valence-electron chi connectivity index (χ4n) is 3.40. The van der Waals surface area contributed by atoms with E-state index in [1.807, 2.05) is 0 Å². The molecule has 0 aliphatic carbocycles. The Kier molecular flexibility index (Phi) is 6.05. The average Bonchev–Trinajstić information content (AvgIpc) is 2.13. The summed E-state index contributed by atoms with van der Waals surface area (Å²) in [6, 6.07) is 0. The molecular formula is C16H32OS. The molecule has 0 aromatic heterocycles. The number of thioether (sulfide) groups is 1. The summed E-state index contributed by atoms with van der Waals surface area (Å²) in [6.45, 7) is 13.4. The first kappa shape index (κ1) is 16.4. The van der Waals surface area contributed by atoms with Gasteiger partial charge < -0.3 is 4.74 Å². The Hall–Kier alpha value is 0.310. The molecule has 2 heterocycles. The summed E-state index contributed by atoms with van der Waals surface area (Å²) in [5, 5.41) is 0. The molecule has 0 N–H and O–H groups in total. The van der Waals surface area contributed by atoms with Crippen LogP contribution in [0.15, 0.2) is 0 Å². The van der Waals surface area contributed by atoms with Crippen molar-refractivity contribution in [3.63, 3.8) is 0 Å². The molecule has 0 atom stereocenters.